The summed E-state index contributed by atoms with van der Waals surface area (Å²) in [6, 6.07) is 8.59. The molecule has 1 N–H and O–H groups in total. The number of amides is 3. The van der Waals surface area contributed by atoms with Crippen molar-refractivity contribution in [2.45, 2.75) is 38.3 Å². The van der Waals surface area contributed by atoms with Gasteiger partial charge in [0.05, 0.1) is 0 Å². The van der Waals surface area contributed by atoms with Gasteiger partial charge in [-0.1, -0.05) is 58.5 Å². The molecule has 2 aromatic carbocycles. The molecule has 1 aliphatic heterocycles. The maximum atomic E-state index is 12.7. The summed E-state index contributed by atoms with van der Waals surface area (Å²) in [6.45, 7) is 0.111. The summed E-state index contributed by atoms with van der Waals surface area (Å²) < 4.78 is 0. The predicted molar refractivity (Wildman–Crippen MR) is 118 cm³/mol. The summed E-state index contributed by atoms with van der Waals surface area (Å²) in [5, 5.41) is 4.54. The molecule has 0 bridgehead atoms. The second kappa shape index (κ2) is 10.0. The van der Waals surface area contributed by atoms with Crippen molar-refractivity contribution < 1.29 is 14.4 Å². The number of urea groups is 1. The van der Waals surface area contributed by atoms with Gasteiger partial charge in [-0.25, -0.2) is 4.79 Å². The van der Waals surface area contributed by atoms with E-state index in [9.17, 15) is 14.4 Å². The van der Waals surface area contributed by atoms with Crippen LogP contribution in [-0.4, -0.2) is 28.7 Å². The first kappa shape index (κ1) is 22.9. The van der Waals surface area contributed by atoms with E-state index in [0.717, 1.165) is 10.5 Å². The van der Waals surface area contributed by atoms with E-state index >= 15 is 0 Å². The van der Waals surface area contributed by atoms with E-state index in [1.165, 1.54) is 0 Å². The molecule has 0 spiro atoms. The first-order valence-corrected chi connectivity index (χ1v) is 10.8. The smallest absolute Gasteiger partial charge is 0.325 e. The monoisotopic (exact) mass is 486 g/mol. The maximum absolute atomic E-state index is 12.7. The van der Waals surface area contributed by atoms with Crippen molar-refractivity contribution in [2.24, 2.45) is 0 Å². The van der Waals surface area contributed by atoms with Crippen molar-refractivity contribution in [1.82, 2.24) is 10.2 Å². The Morgan fingerprint density at radius 1 is 0.967 bits per heavy atom. The zero-order chi connectivity index (χ0) is 21.8. The van der Waals surface area contributed by atoms with Gasteiger partial charge in [0, 0.05) is 39.5 Å². The second-order valence-electron chi connectivity index (χ2n) is 6.91. The molecule has 0 unspecified atom stereocenters. The minimum Gasteiger partial charge on any atom is -0.333 e. The number of nitrogens with zero attached hydrogens (tertiary/aromatic N) is 1. The number of ketones is 1. The summed E-state index contributed by atoms with van der Waals surface area (Å²) in [6.07, 6.45) is 1.01. The molecule has 1 aliphatic rings. The number of aryl methyl sites for hydroxylation is 1. The molecule has 0 radical (unpaired) electrons. The Morgan fingerprint density at radius 2 is 1.57 bits per heavy atom. The zero-order valence-electron chi connectivity index (χ0n) is 15.8. The van der Waals surface area contributed by atoms with Crippen LogP contribution in [0.4, 0.5) is 4.79 Å². The molecule has 1 heterocycles. The number of halogens is 4. The number of rotatable bonds is 6. The molecule has 5 nitrogen and oxygen atoms in total. The molecule has 158 valence electrons. The van der Waals surface area contributed by atoms with Gasteiger partial charge in [0.2, 0.25) is 5.91 Å². The van der Waals surface area contributed by atoms with Gasteiger partial charge in [0.15, 0.2) is 5.78 Å². The van der Waals surface area contributed by atoms with Crippen LogP contribution >= 0.6 is 46.4 Å². The minimum atomic E-state index is -0.788. The lowest BCUT2D eigenvalue weighted by atomic mass is 10.0. The minimum absolute atomic E-state index is 0.111. The molecule has 0 saturated carbocycles. The molecule has 1 atom stereocenters. The van der Waals surface area contributed by atoms with Crippen LogP contribution in [0.25, 0.3) is 0 Å². The molecule has 0 aromatic heterocycles. The lowest BCUT2D eigenvalue weighted by Crippen LogP contribution is -2.48. The van der Waals surface area contributed by atoms with Crippen LogP contribution < -0.4 is 5.32 Å². The van der Waals surface area contributed by atoms with Gasteiger partial charge < -0.3 is 5.32 Å². The van der Waals surface area contributed by atoms with E-state index in [1.807, 2.05) is 0 Å². The Hall–Kier alpha value is -1.79. The molecule has 1 saturated heterocycles. The Labute approximate surface area is 194 Å². The van der Waals surface area contributed by atoms with Crippen molar-refractivity contribution in [1.29, 1.82) is 0 Å². The van der Waals surface area contributed by atoms with Crippen LogP contribution in [0.3, 0.4) is 0 Å². The van der Waals surface area contributed by atoms with Crippen molar-refractivity contribution in [3.63, 3.8) is 0 Å². The molecular formula is C21H18Cl4N2O3. The highest BCUT2D eigenvalue weighted by atomic mass is 35.5. The number of carbonyl (C=O) groups excluding carboxylic acids is 3. The van der Waals surface area contributed by atoms with E-state index < -0.39 is 12.1 Å². The normalized spacial score (nSPS) is 16.1. The number of hydrogen-bond acceptors (Lipinski definition) is 3. The largest absolute Gasteiger partial charge is 0.333 e. The number of nitrogens with one attached hydrogen (secondary N) is 1. The van der Waals surface area contributed by atoms with Crippen molar-refractivity contribution >= 4 is 64.1 Å². The van der Waals surface area contributed by atoms with Crippen molar-refractivity contribution in [3.8, 4) is 0 Å². The highest BCUT2D eigenvalue weighted by Gasteiger charge is 2.39. The van der Waals surface area contributed by atoms with Gasteiger partial charge in [-0.2, -0.15) is 0 Å². The van der Waals surface area contributed by atoms with Crippen LogP contribution in [-0.2, 0) is 22.6 Å². The molecule has 3 rings (SSSR count). The van der Waals surface area contributed by atoms with E-state index in [4.69, 9.17) is 46.4 Å². The van der Waals surface area contributed by atoms with Crippen LogP contribution in [0, 0.1) is 0 Å². The highest BCUT2D eigenvalue weighted by molar-refractivity contribution is 6.35. The third-order valence-corrected chi connectivity index (χ3v) is 6.08. The first-order chi connectivity index (χ1) is 14.3. The fraction of sp³-hybridized carbons (Fsp3) is 0.286. The van der Waals surface area contributed by atoms with Crippen LogP contribution in [0.2, 0.25) is 20.1 Å². The molecule has 0 aliphatic carbocycles. The van der Waals surface area contributed by atoms with Gasteiger partial charge in [0.25, 0.3) is 0 Å². The van der Waals surface area contributed by atoms with E-state index in [-0.39, 0.29) is 31.1 Å². The van der Waals surface area contributed by atoms with Gasteiger partial charge >= 0.3 is 6.03 Å². The highest BCUT2D eigenvalue weighted by Crippen LogP contribution is 2.25. The zero-order valence-corrected chi connectivity index (χ0v) is 18.8. The summed E-state index contributed by atoms with van der Waals surface area (Å²) in [4.78, 5) is 38.6. The van der Waals surface area contributed by atoms with E-state index in [0.29, 0.717) is 38.5 Å². The number of benzene rings is 2. The van der Waals surface area contributed by atoms with Crippen molar-refractivity contribution in [2.75, 3.05) is 0 Å². The molecule has 9 heteroatoms. The standard InChI is InChI=1S/C21H18Cl4N2O3/c22-14-4-1-12(16(24)9-14)3-7-19(28)18-6-8-20(29)27(18)21(30)26-11-13-2-5-15(23)10-17(13)25/h1-2,4-5,9-10,18H,3,6-8,11H2,(H,26,30)/t18-/m0/s1. The Kier molecular flexibility index (Phi) is 7.64. The molecular weight excluding hydrogens is 470 g/mol. The maximum Gasteiger partial charge on any atom is 0.325 e. The van der Waals surface area contributed by atoms with Crippen molar-refractivity contribution in [3.05, 3.63) is 67.6 Å². The molecule has 3 amide bonds. The third-order valence-electron chi connectivity index (χ3n) is 4.90. The number of carbonyl (C=O) groups is 3. The van der Waals surface area contributed by atoms with Gasteiger partial charge in [-0.3, -0.25) is 14.5 Å². The summed E-state index contributed by atoms with van der Waals surface area (Å²) in [5.74, 6) is -0.566. The Balaban J connectivity index is 1.62. The fourth-order valence-electron chi connectivity index (χ4n) is 3.31. The Bertz CT molecular complexity index is 996. The van der Waals surface area contributed by atoms with Gasteiger partial charge in [-0.15, -0.1) is 0 Å². The predicted octanol–water partition coefficient (Wildman–Crippen LogP) is 5.70. The molecule has 2 aromatic rings. The average Bonchev–Trinajstić information content (AvgIpc) is 3.08. The number of imide groups is 1. The van der Waals surface area contributed by atoms with Crippen LogP contribution in [0.1, 0.15) is 30.4 Å². The Morgan fingerprint density at radius 3 is 2.17 bits per heavy atom. The summed E-state index contributed by atoms with van der Waals surface area (Å²) in [5.41, 5.74) is 1.44. The van der Waals surface area contributed by atoms with Gasteiger partial charge in [0.1, 0.15) is 6.04 Å². The van der Waals surface area contributed by atoms with E-state index in [2.05, 4.69) is 5.32 Å². The second-order valence-corrected chi connectivity index (χ2v) is 8.60. The van der Waals surface area contributed by atoms with E-state index in [1.54, 1.807) is 36.4 Å². The first-order valence-electron chi connectivity index (χ1n) is 9.26. The average molecular weight is 488 g/mol. The van der Waals surface area contributed by atoms with Gasteiger partial charge in [-0.05, 0) is 48.2 Å². The van der Waals surface area contributed by atoms with Crippen LogP contribution in [0.5, 0.6) is 0 Å². The number of Topliss-reactive ketones (excluding diaryl/α,β-unsaturated/α-hetero) is 1. The van der Waals surface area contributed by atoms with Crippen LogP contribution in [0.15, 0.2) is 36.4 Å². The quantitative estimate of drug-likeness (QED) is 0.568. The lowest BCUT2D eigenvalue weighted by molar-refractivity contribution is -0.131. The topological polar surface area (TPSA) is 66.5 Å². The summed E-state index contributed by atoms with van der Waals surface area (Å²) >= 11 is 24.0. The third kappa shape index (κ3) is 5.46. The molecule has 1 fully saturated rings. The fourth-order valence-corrected chi connectivity index (χ4v) is 4.29. The number of likely N-dealkylation sites (tertiary alicyclic amines) is 1. The summed E-state index contributed by atoms with van der Waals surface area (Å²) in [7, 11) is 0. The number of hydrogen-bond donors (Lipinski definition) is 1. The SMILES string of the molecule is O=C(CCc1ccc(Cl)cc1Cl)[C@@H]1CCC(=O)N1C(=O)NCc1ccc(Cl)cc1Cl. The molecule has 30 heavy (non-hydrogen) atoms. The lowest BCUT2D eigenvalue weighted by Gasteiger charge is -2.22.